The summed E-state index contributed by atoms with van der Waals surface area (Å²) in [7, 11) is 0. The van der Waals surface area contributed by atoms with Gasteiger partial charge in [-0.15, -0.1) is 0 Å². The number of para-hydroxylation sites is 9. The quantitative estimate of drug-likeness (QED) is 0.107. The Labute approximate surface area is 783 Å². The lowest BCUT2D eigenvalue weighted by atomic mass is 9.98. The summed E-state index contributed by atoms with van der Waals surface area (Å²) in [6.45, 7) is 0. The van der Waals surface area contributed by atoms with Gasteiger partial charge in [-0.3, -0.25) is 4.57 Å². The molecule has 0 atom stereocenters. The van der Waals surface area contributed by atoms with Crippen LogP contribution in [-0.4, -0.2) is 32.0 Å². The molecule has 0 fully saturated rings. The molecule has 8 heteroatoms. The lowest BCUT2D eigenvalue weighted by Gasteiger charge is -2.15. The topological polar surface area (TPSA) is 47.6 Å². The van der Waals surface area contributed by atoms with Gasteiger partial charge in [0.05, 0.1) is 77.6 Å². The Morgan fingerprint density at radius 2 is 0.316 bits per heavy atom. The van der Waals surface area contributed by atoms with Crippen LogP contribution in [0.1, 0.15) is 0 Å². The maximum atomic E-state index is 6.67. The number of benzene rings is 20. The Hall–Kier alpha value is -18.2. The minimum absolute atomic E-state index is 0.787. The summed E-state index contributed by atoms with van der Waals surface area (Å²) in [6.07, 6.45) is 0. The molecule has 0 N–H and O–H groups in total. The first-order valence-electron chi connectivity index (χ1n) is 46.6. The van der Waals surface area contributed by atoms with E-state index in [0.29, 0.717) is 0 Å². The third-order valence-electron chi connectivity index (χ3n) is 27.9. The van der Waals surface area contributed by atoms with E-state index in [0.717, 1.165) is 90.4 Å². The summed E-state index contributed by atoms with van der Waals surface area (Å²) < 4.78 is 23.3. The fraction of sp³-hybridized carbons (Fsp3) is 0. The highest BCUT2D eigenvalue weighted by Crippen LogP contribution is 2.47. The number of hydrogen-bond donors (Lipinski definition) is 0. The first-order chi connectivity index (χ1) is 67.5. The highest BCUT2D eigenvalue weighted by molar-refractivity contribution is 6.18. The Bertz CT molecular complexity index is 9130. The van der Waals surface area contributed by atoms with Gasteiger partial charge in [-0.1, -0.05) is 285 Å². The molecule has 0 amide bonds. The van der Waals surface area contributed by atoms with Crippen LogP contribution < -0.4 is 0 Å². The van der Waals surface area contributed by atoms with Crippen molar-refractivity contribution in [3.05, 3.63) is 504 Å². The van der Waals surface area contributed by atoms with Crippen molar-refractivity contribution >= 4 is 131 Å². The summed E-state index contributed by atoms with van der Waals surface area (Å²) >= 11 is 0. The molecule has 0 bridgehead atoms. The standard InChI is InChI=1S/C70H46N4.C58H37N3O/c1-5-17-47(18-6-1)63-41-42-64(71(63)53-19-7-2-8-20-53)48-29-35-56(36-30-48)74-69-39-33-51(49-31-37-67-59(43-49)57-25-13-15-27-65(57)72(67)54-21-9-3-10-22-54)45-61(69)62-46-52(34-40-70(62)74)50-32-38-68-60(44-50)58-26-14-16-28-66(58)73(68)55-23-11-4-12-24-55;1-4-14-38(15-5-1)57-32-33-58(62-57)61-55-30-26-41(39-24-28-53-47(34-39)45-20-10-12-22-51(45)59(53)43-16-6-2-7-17-43)36-49(55)50-37-42(27-31-56(50)61)40-25-29-54-48(35-40)46-21-11-13-23-52(46)60(54)44-18-8-3-9-19-44/h1-46H;1-37H. The van der Waals surface area contributed by atoms with Gasteiger partial charge in [0.25, 0.3) is 0 Å². The van der Waals surface area contributed by atoms with Crippen LogP contribution in [0.4, 0.5) is 0 Å². The van der Waals surface area contributed by atoms with Gasteiger partial charge in [0, 0.05) is 110 Å². The molecule has 0 saturated heterocycles. The van der Waals surface area contributed by atoms with Crippen molar-refractivity contribution in [3.8, 4) is 118 Å². The van der Waals surface area contributed by atoms with Crippen LogP contribution >= 0.6 is 0 Å². The number of fused-ring (bicyclic) bond motifs is 18. The second kappa shape index (κ2) is 31.8. The van der Waals surface area contributed by atoms with Gasteiger partial charge < -0.3 is 31.8 Å². The normalized spacial score (nSPS) is 11.8. The largest absolute Gasteiger partial charge is 0.440 e. The molecule has 8 heterocycles. The van der Waals surface area contributed by atoms with Crippen LogP contribution in [-0.2, 0) is 0 Å². The van der Waals surface area contributed by atoms with Crippen LogP contribution in [0.15, 0.2) is 508 Å². The Balaban J connectivity index is 0.000000140. The summed E-state index contributed by atoms with van der Waals surface area (Å²) in [4.78, 5) is 0. The maximum Gasteiger partial charge on any atom is 0.205 e. The van der Waals surface area contributed by atoms with Crippen LogP contribution in [0, 0.1) is 0 Å². The minimum atomic E-state index is 0.787. The summed E-state index contributed by atoms with van der Waals surface area (Å²) in [5, 5.41) is 14.7. The zero-order chi connectivity index (χ0) is 89.4. The van der Waals surface area contributed by atoms with E-state index in [1.165, 1.54) is 159 Å². The third-order valence-corrected chi connectivity index (χ3v) is 27.9. The second-order valence-corrected chi connectivity index (χ2v) is 35.5. The second-order valence-electron chi connectivity index (χ2n) is 35.5. The van der Waals surface area contributed by atoms with E-state index in [2.05, 4.69) is 529 Å². The Morgan fingerprint density at radius 3 is 0.596 bits per heavy atom. The molecular weight excluding hydrogens is 1650 g/mol. The number of aromatic nitrogens is 7. The molecule has 0 saturated carbocycles. The monoisotopic (exact) mass is 1730 g/mol. The fourth-order valence-corrected chi connectivity index (χ4v) is 21.6. The maximum absolute atomic E-state index is 6.67. The Kier molecular flexibility index (Phi) is 18.2. The summed E-state index contributed by atoms with van der Waals surface area (Å²) in [5.41, 5.74) is 36.1. The smallest absolute Gasteiger partial charge is 0.205 e. The van der Waals surface area contributed by atoms with Gasteiger partial charge >= 0.3 is 0 Å². The van der Waals surface area contributed by atoms with E-state index in [1.807, 2.05) is 6.07 Å². The summed E-state index contributed by atoms with van der Waals surface area (Å²) in [5.74, 6) is 1.63. The van der Waals surface area contributed by atoms with Crippen LogP contribution in [0.5, 0.6) is 0 Å². The van der Waals surface area contributed by atoms with Crippen molar-refractivity contribution in [1.29, 1.82) is 0 Å². The van der Waals surface area contributed by atoms with E-state index < -0.39 is 0 Å². The lowest BCUT2D eigenvalue weighted by molar-refractivity contribution is 0.560. The zero-order valence-electron chi connectivity index (χ0n) is 74.0. The number of nitrogens with zero attached hydrogens (tertiary/aromatic N) is 7. The number of rotatable bonds is 14. The first-order valence-corrected chi connectivity index (χ1v) is 46.6. The third kappa shape index (κ3) is 12.8. The summed E-state index contributed by atoms with van der Waals surface area (Å²) in [6, 6.07) is 183. The molecule has 0 radical (unpaired) electrons. The van der Waals surface area contributed by atoms with Crippen molar-refractivity contribution in [2.45, 2.75) is 0 Å². The molecule has 0 aliphatic rings. The van der Waals surface area contributed by atoms with Crippen molar-refractivity contribution in [2.75, 3.05) is 0 Å². The minimum Gasteiger partial charge on any atom is -0.440 e. The molecule has 8 nitrogen and oxygen atoms in total. The first kappa shape index (κ1) is 77.7. The van der Waals surface area contributed by atoms with Crippen molar-refractivity contribution in [2.24, 2.45) is 0 Å². The fourth-order valence-electron chi connectivity index (χ4n) is 21.6. The molecule has 0 aliphatic heterocycles. The average Bonchev–Trinajstić information content (AvgIpc) is 1.58. The van der Waals surface area contributed by atoms with Crippen molar-refractivity contribution < 1.29 is 4.42 Å². The molecular formula is C128H83N7O. The zero-order valence-corrected chi connectivity index (χ0v) is 74.0. The molecule has 28 rings (SSSR count). The van der Waals surface area contributed by atoms with Crippen LogP contribution in [0.3, 0.4) is 0 Å². The number of furan rings is 1. The predicted octanol–water partition coefficient (Wildman–Crippen LogP) is 34.0. The Morgan fingerprint density at radius 1 is 0.118 bits per heavy atom. The SMILES string of the molecule is c1ccc(-c2ccc(-c3ccc(-n4c5ccc(-c6ccc7c(c6)c6ccccc6n7-c6ccccc6)cc5c5cc(-c6ccc7c(c6)c6ccccc6n7-c6ccccc6)ccc54)cc3)n2-c2ccccc2)cc1.c1ccc(-c2ccc(-n3c4ccc(-c5ccc6c(c5)c5ccccc5n6-c5ccccc5)cc4c4cc(-c5ccc6c(c5)c5ccccc5n6-c5ccccc5)ccc43)o2)cc1. The predicted molar refractivity (Wildman–Crippen MR) is 569 cm³/mol. The molecule has 136 heavy (non-hydrogen) atoms. The molecule has 0 spiro atoms. The van der Waals surface area contributed by atoms with Gasteiger partial charge in [0.1, 0.15) is 5.76 Å². The average molecular weight is 1740 g/mol. The van der Waals surface area contributed by atoms with Gasteiger partial charge in [-0.05, 0) is 268 Å². The van der Waals surface area contributed by atoms with Gasteiger partial charge in [0.2, 0.25) is 5.88 Å². The molecule has 636 valence electrons. The van der Waals surface area contributed by atoms with E-state index >= 15 is 0 Å². The highest BCUT2D eigenvalue weighted by atomic mass is 16.4. The molecule has 0 aliphatic carbocycles. The van der Waals surface area contributed by atoms with Crippen molar-refractivity contribution in [1.82, 2.24) is 32.0 Å². The molecule has 28 aromatic rings. The van der Waals surface area contributed by atoms with Gasteiger partial charge in [0.15, 0.2) is 0 Å². The van der Waals surface area contributed by atoms with Crippen molar-refractivity contribution in [3.63, 3.8) is 0 Å². The van der Waals surface area contributed by atoms with Gasteiger partial charge in [-0.2, -0.15) is 0 Å². The molecule has 20 aromatic carbocycles. The van der Waals surface area contributed by atoms with E-state index in [9.17, 15) is 0 Å². The lowest BCUT2D eigenvalue weighted by Crippen LogP contribution is -1.99. The molecule has 8 aromatic heterocycles. The van der Waals surface area contributed by atoms with Crippen LogP contribution in [0.2, 0.25) is 0 Å². The van der Waals surface area contributed by atoms with Gasteiger partial charge in [-0.25, -0.2) is 0 Å². The van der Waals surface area contributed by atoms with E-state index in [4.69, 9.17) is 4.42 Å². The molecule has 0 unspecified atom stereocenters. The highest BCUT2D eigenvalue weighted by Gasteiger charge is 2.25. The van der Waals surface area contributed by atoms with E-state index in [-0.39, 0.29) is 0 Å². The van der Waals surface area contributed by atoms with E-state index in [1.54, 1.807) is 0 Å². The number of hydrogen-bond acceptors (Lipinski definition) is 1. The van der Waals surface area contributed by atoms with Crippen LogP contribution in [0.25, 0.3) is 249 Å².